The lowest BCUT2D eigenvalue weighted by atomic mass is 10.1. The molecule has 2 rings (SSSR count). The molecular weight excluding hydrogens is 357 g/mol. The highest BCUT2D eigenvalue weighted by atomic mass is 32.2. The van der Waals surface area contributed by atoms with Crippen molar-refractivity contribution >= 4 is 29.3 Å². The molecule has 138 valence electrons. The molecule has 0 bridgehead atoms. The van der Waals surface area contributed by atoms with Crippen LogP contribution in [0.25, 0.3) is 0 Å². The van der Waals surface area contributed by atoms with Gasteiger partial charge in [-0.1, -0.05) is 0 Å². The van der Waals surface area contributed by atoms with Crippen LogP contribution in [0.15, 0.2) is 29.2 Å². The predicted octanol–water partition coefficient (Wildman–Crippen LogP) is 2.46. The molecule has 1 fully saturated rings. The Kier molecular flexibility index (Phi) is 6.71. The Morgan fingerprint density at radius 2 is 2.04 bits per heavy atom. The zero-order valence-corrected chi connectivity index (χ0v) is 14.5. The molecule has 9 heteroatoms. The summed E-state index contributed by atoms with van der Waals surface area (Å²) in [4.78, 5) is 26.8. The van der Waals surface area contributed by atoms with Crippen LogP contribution in [0.3, 0.4) is 0 Å². The minimum absolute atomic E-state index is 0.0258. The largest absolute Gasteiger partial charge is 0.411 e. The number of carbonyl (C=O) groups excluding carboxylic acids is 2. The first-order valence-corrected chi connectivity index (χ1v) is 8.89. The number of anilines is 1. The molecule has 0 spiro atoms. The molecule has 0 aliphatic carbocycles. The summed E-state index contributed by atoms with van der Waals surface area (Å²) in [5.41, 5.74) is 0.728. The van der Waals surface area contributed by atoms with E-state index in [1.807, 2.05) is 30.5 Å². The fourth-order valence-corrected chi connectivity index (χ4v) is 2.88. The van der Waals surface area contributed by atoms with Crippen molar-refractivity contribution in [3.05, 3.63) is 24.3 Å². The summed E-state index contributed by atoms with van der Waals surface area (Å²) in [7, 11) is 0. The Bertz CT molecular complexity index is 608. The van der Waals surface area contributed by atoms with Crippen LogP contribution in [0, 0.1) is 5.92 Å². The molecule has 1 aliphatic heterocycles. The number of benzene rings is 1. The Hall–Kier alpha value is -1.74. The standard InChI is InChI=1S/C16H19F3N2O3S/c1-25-13-4-2-12(3-5-13)21-9-11(8-14(21)22)15(23)20-6-7-24-10-16(17,18)19/h2-5,11H,6-10H2,1H3,(H,20,23). The third kappa shape index (κ3) is 5.93. The number of alkyl halides is 3. The highest BCUT2D eigenvalue weighted by molar-refractivity contribution is 7.98. The van der Waals surface area contributed by atoms with Crippen LogP contribution < -0.4 is 10.2 Å². The van der Waals surface area contributed by atoms with Gasteiger partial charge in [0, 0.05) is 30.1 Å². The number of amides is 2. The highest BCUT2D eigenvalue weighted by Crippen LogP contribution is 2.27. The van der Waals surface area contributed by atoms with Crippen molar-refractivity contribution in [2.24, 2.45) is 5.92 Å². The maximum atomic E-state index is 12.1. The van der Waals surface area contributed by atoms with E-state index in [-0.39, 0.29) is 37.9 Å². The molecule has 0 aromatic heterocycles. The van der Waals surface area contributed by atoms with Gasteiger partial charge in [-0.3, -0.25) is 9.59 Å². The van der Waals surface area contributed by atoms with Gasteiger partial charge in [0.2, 0.25) is 11.8 Å². The van der Waals surface area contributed by atoms with Crippen molar-refractivity contribution < 1.29 is 27.5 Å². The highest BCUT2D eigenvalue weighted by Gasteiger charge is 2.35. The molecule has 0 saturated carbocycles. The number of ether oxygens (including phenoxy) is 1. The van der Waals surface area contributed by atoms with E-state index in [0.29, 0.717) is 0 Å². The van der Waals surface area contributed by atoms with E-state index in [2.05, 4.69) is 10.1 Å². The molecule has 1 aromatic carbocycles. The van der Waals surface area contributed by atoms with Crippen LogP contribution in [-0.4, -0.2) is 50.5 Å². The van der Waals surface area contributed by atoms with E-state index in [4.69, 9.17) is 0 Å². The lowest BCUT2D eigenvalue weighted by Crippen LogP contribution is -2.35. The summed E-state index contributed by atoms with van der Waals surface area (Å²) in [6.45, 7) is -1.34. The monoisotopic (exact) mass is 376 g/mol. The van der Waals surface area contributed by atoms with Gasteiger partial charge in [-0.2, -0.15) is 13.2 Å². The summed E-state index contributed by atoms with van der Waals surface area (Å²) >= 11 is 1.59. The van der Waals surface area contributed by atoms with Crippen molar-refractivity contribution in [1.82, 2.24) is 5.32 Å². The number of nitrogens with zero attached hydrogens (tertiary/aromatic N) is 1. The Morgan fingerprint density at radius 3 is 2.64 bits per heavy atom. The van der Waals surface area contributed by atoms with Gasteiger partial charge < -0.3 is 15.0 Å². The number of rotatable bonds is 7. The fraction of sp³-hybridized carbons (Fsp3) is 0.500. The molecule has 5 nitrogen and oxygen atoms in total. The molecule has 1 atom stereocenters. The quantitative estimate of drug-likeness (QED) is 0.587. The van der Waals surface area contributed by atoms with Gasteiger partial charge in [-0.05, 0) is 30.5 Å². The number of halogens is 3. The average molecular weight is 376 g/mol. The van der Waals surface area contributed by atoms with Crippen LogP contribution in [-0.2, 0) is 14.3 Å². The maximum absolute atomic E-state index is 12.1. The van der Waals surface area contributed by atoms with Crippen molar-refractivity contribution in [1.29, 1.82) is 0 Å². The molecule has 25 heavy (non-hydrogen) atoms. The summed E-state index contributed by atoms with van der Waals surface area (Å²) in [5, 5.41) is 2.51. The Balaban J connectivity index is 1.79. The molecule has 2 amide bonds. The first kappa shape index (κ1) is 19.6. The van der Waals surface area contributed by atoms with Crippen LogP contribution in [0.2, 0.25) is 0 Å². The molecule has 1 aromatic rings. The second kappa shape index (κ2) is 8.57. The topological polar surface area (TPSA) is 58.6 Å². The molecule has 1 heterocycles. The van der Waals surface area contributed by atoms with E-state index in [1.165, 1.54) is 0 Å². The molecule has 1 saturated heterocycles. The van der Waals surface area contributed by atoms with Gasteiger partial charge in [-0.15, -0.1) is 11.8 Å². The van der Waals surface area contributed by atoms with Crippen molar-refractivity contribution in [2.75, 3.05) is 37.5 Å². The van der Waals surface area contributed by atoms with Gasteiger partial charge >= 0.3 is 6.18 Å². The van der Waals surface area contributed by atoms with Gasteiger partial charge in [0.25, 0.3) is 0 Å². The SMILES string of the molecule is CSc1ccc(N2CC(C(=O)NCCOCC(F)(F)F)CC2=O)cc1. The molecule has 0 radical (unpaired) electrons. The third-order valence-electron chi connectivity index (χ3n) is 3.69. The van der Waals surface area contributed by atoms with Gasteiger partial charge in [0.15, 0.2) is 0 Å². The third-order valence-corrected chi connectivity index (χ3v) is 4.43. The first-order valence-electron chi connectivity index (χ1n) is 7.67. The number of nitrogens with one attached hydrogen (secondary N) is 1. The van der Waals surface area contributed by atoms with E-state index >= 15 is 0 Å². The van der Waals surface area contributed by atoms with Gasteiger partial charge in [0.05, 0.1) is 12.5 Å². The summed E-state index contributed by atoms with van der Waals surface area (Å²) in [6, 6.07) is 7.46. The lowest BCUT2D eigenvalue weighted by Gasteiger charge is -2.17. The smallest absolute Gasteiger partial charge is 0.370 e. The Morgan fingerprint density at radius 1 is 1.36 bits per heavy atom. The molecule has 1 N–H and O–H groups in total. The average Bonchev–Trinajstić information content (AvgIpc) is 2.95. The zero-order chi connectivity index (χ0) is 18.4. The minimum Gasteiger partial charge on any atom is -0.370 e. The normalized spacial score (nSPS) is 17.8. The summed E-state index contributed by atoms with van der Waals surface area (Å²) < 4.78 is 40.2. The van der Waals surface area contributed by atoms with Gasteiger partial charge in [0.1, 0.15) is 6.61 Å². The van der Waals surface area contributed by atoms with E-state index in [0.717, 1.165) is 10.6 Å². The maximum Gasteiger partial charge on any atom is 0.411 e. The number of carbonyl (C=O) groups is 2. The van der Waals surface area contributed by atoms with Crippen molar-refractivity contribution in [3.8, 4) is 0 Å². The number of thioether (sulfide) groups is 1. The fourth-order valence-electron chi connectivity index (χ4n) is 2.47. The van der Waals surface area contributed by atoms with Crippen LogP contribution in [0.4, 0.5) is 18.9 Å². The van der Waals surface area contributed by atoms with E-state index < -0.39 is 18.7 Å². The second-order valence-electron chi connectivity index (χ2n) is 5.56. The first-order chi connectivity index (χ1) is 11.8. The second-order valence-corrected chi connectivity index (χ2v) is 6.44. The Labute approximate surface area is 147 Å². The minimum atomic E-state index is -4.38. The van der Waals surface area contributed by atoms with Crippen LogP contribution >= 0.6 is 11.8 Å². The van der Waals surface area contributed by atoms with E-state index in [1.54, 1.807) is 16.7 Å². The molecular formula is C16H19F3N2O3S. The summed E-state index contributed by atoms with van der Waals surface area (Å²) in [6.07, 6.45) is -2.34. The van der Waals surface area contributed by atoms with Crippen molar-refractivity contribution in [3.63, 3.8) is 0 Å². The number of hydrogen-bond acceptors (Lipinski definition) is 4. The molecule has 1 aliphatic rings. The van der Waals surface area contributed by atoms with Crippen LogP contribution in [0.5, 0.6) is 0 Å². The van der Waals surface area contributed by atoms with Crippen LogP contribution in [0.1, 0.15) is 6.42 Å². The predicted molar refractivity (Wildman–Crippen MR) is 88.6 cm³/mol. The molecule has 1 unspecified atom stereocenters. The summed E-state index contributed by atoms with van der Waals surface area (Å²) in [5.74, 6) is -1.02. The van der Waals surface area contributed by atoms with Crippen molar-refractivity contribution in [2.45, 2.75) is 17.5 Å². The zero-order valence-electron chi connectivity index (χ0n) is 13.6. The number of hydrogen-bond donors (Lipinski definition) is 1. The van der Waals surface area contributed by atoms with Gasteiger partial charge in [-0.25, -0.2) is 0 Å². The lowest BCUT2D eigenvalue weighted by molar-refractivity contribution is -0.173. The van der Waals surface area contributed by atoms with E-state index in [9.17, 15) is 22.8 Å².